The molecule has 1 aliphatic heterocycles. The van der Waals surface area contributed by atoms with Crippen molar-refractivity contribution in [1.82, 2.24) is 5.32 Å². The smallest absolute Gasteiger partial charge is 0.285 e. The van der Waals surface area contributed by atoms with E-state index in [4.69, 9.17) is 0 Å². The maximum absolute atomic E-state index is 12.4. The highest BCUT2D eigenvalue weighted by atomic mass is 79.9. The molecule has 0 spiro atoms. The summed E-state index contributed by atoms with van der Waals surface area (Å²) in [4.78, 5) is 22.8. The molecule has 1 heterocycles. The van der Waals surface area contributed by atoms with Gasteiger partial charge in [-0.2, -0.15) is 0 Å². The van der Waals surface area contributed by atoms with Crippen LogP contribution in [0.1, 0.15) is 19.8 Å². The van der Waals surface area contributed by atoms with Gasteiger partial charge in [0.25, 0.3) is 5.69 Å². The SMILES string of the molecule is CCC1(C(=O)Nc2ccc(Br)c([N+](=O)[O-])c2)CCNC1. The largest absolute Gasteiger partial charge is 0.325 e. The molecule has 0 saturated carbocycles. The second-order valence-corrected chi connectivity index (χ2v) is 5.79. The second-order valence-electron chi connectivity index (χ2n) is 4.94. The standard InChI is InChI=1S/C13H16BrN3O3/c1-2-13(5-6-15-8-13)12(18)16-9-3-4-10(14)11(7-9)17(19)20/h3-4,7,15H,2,5-6,8H2,1H3,(H,16,18). The fourth-order valence-corrected chi connectivity index (χ4v) is 2.79. The molecule has 1 aliphatic rings. The Kier molecular flexibility index (Phi) is 4.39. The fourth-order valence-electron chi connectivity index (χ4n) is 2.39. The Bertz CT molecular complexity index is 542. The summed E-state index contributed by atoms with van der Waals surface area (Å²) in [5.41, 5.74) is -0.0236. The van der Waals surface area contributed by atoms with Crippen LogP contribution >= 0.6 is 15.9 Å². The highest BCUT2D eigenvalue weighted by Crippen LogP contribution is 2.32. The Labute approximate surface area is 125 Å². The molecule has 1 fully saturated rings. The zero-order valence-electron chi connectivity index (χ0n) is 11.1. The molecule has 1 unspecified atom stereocenters. The predicted molar refractivity (Wildman–Crippen MR) is 79.6 cm³/mol. The number of amides is 1. The molecule has 20 heavy (non-hydrogen) atoms. The van der Waals surface area contributed by atoms with Crippen LogP contribution in [0.4, 0.5) is 11.4 Å². The van der Waals surface area contributed by atoms with Gasteiger partial charge in [0.05, 0.1) is 14.8 Å². The molecule has 0 aromatic heterocycles. The summed E-state index contributed by atoms with van der Waals surface area (Å²) in [6.45, 7) is 3.45. The molecule has 0 radical (unpaired) electrons. The molecular weight excluding hydrogens is 326 g/mol. The number of halogens is 1. The lowest BCUT2D eigenvalue weighted by Gasteiger charge is -2.25. The van der Waals surface area contributed by atoms with Gasteiger partial charge in [0, 0.05) is 18.3 Å². The van der Waals surface area contributed by atoms with Crippen LogP contribution in [0.25, 0.3) is 0 Å². The third-order valence-electron chi connectivity index (χ3n) is 3.80. The zero-order valence-corrected chi connectivity index (χ0v) is 12.7. The van der Waals surface area contributed by atoms with E-state index >= 15 is 0 Å². The number of anilines is 1. The van der Waals surface area contributed by atoms with Gasteiger partial charge in [-0.25, -0.2) is 0 Å². The molecule has 1 amide bonds. The van der Waals surface area contributed by atoms with Crippen LogP contribution in [0, 0.1) is 15.5 Å². The van der Waals surface area contributed by atoms with E-state index in [9.17, 15) is 14.9 Å². The predicted octanol–water partition coefficient (Wildman–Crippen LogP) is 2.69. The van der Waals surface area contributed by atoms with Gasteiger partial charge in [0.2, 0.25) is 5.91 Å². The fraction of sp³-hybridized carbons (Fsp3) is 0.462. The van der Waals surface area contributed by atoms with E-state index in [1.165, 1.54) is 6.07 Å². The van der Waals surface area contributed by atoms with Gasteiger partial charge in [-0.15, -0.1) is 0 Å². The third kappa shape index (κ3) is 2.83. The van der Waals surface area contributed by atoms with Crippen molar-refractivity contribution in [3.05, 3.63) is 32.8 Å². The minimum Gasteiger partial charge on any atom is -0.325 e. The van der Waals surface area contributed by atoms with Gasteiger partial charge < -0.3 is 10.6 Å². The summed E-state index contributed by atoms with van der Waals surface area (Å²) < 4.78 is 0.397. The van der Waals surface area contributed by atoms with Gasteiger partial charge in [0.15, 0.2) is 0 Å². The van der Waals surface area contributed by atoms with E-state index in [0.29, 0.717) is 16.7 Å². The Morgan fingerprint density at radius 2 is 2.35 bits per heavy atom. The summed E-state index contributed by atoms with van der Waals surface area (Å²) in [6.07, 6.45) is 1.53. The first-order valence-corrected chi connectivity index (χ1v) is 7.24. The molecular formula is C13H16BrN3O3. The molecule has 7 heteroatoms. The summed E-state index contributed by atoms with van der Waals surface area (Å²) in [7, 11) is 0. The first-order chi connectivity index (χ1) is 9.48. The van der Waals surface area contributed by atoms with Crippen LogP contribution in [0.5, 0.6) is 0 Å². The quantitative estimate of drug-likeness (QED) is 0.651. The van der Waals surface area contributed by atoms with E-state index in [0.717, 1.165) is 19.4 Å². The highest BCUT2D eigenvalue weighted by Gasteiger charge is 2.39. The van der Waals surface area contributed by atoms with Gasteiger partial charge in [-0.05, 0) is 47.4 Å². The number of nitro benzene ring substituents is 1. The van der Waals surface area contributed by atoms with Crippen LogP contribution in [0.2, 0.25) is 0 Å². The molecule has 1 aromatic rings. The van der Waals surface area contributed by atoms with Crippen molar-refractivity contribution in [3.8, 4) is 0 Å². The monoisotopic (exact) mass is 341 g/mol. The Morgan fingerprint density at radius 3 is 2.90 bits per heavy atom. The summed E-state index contributed by atoms with van der Waals surface area (Å²) in [6, 6.07) is 4.59. The van der Waals surface area contributed by atoms with Gasteiger partial charge in [0.1, 0.15) is 0 Å². The number of hydrogen-bond acceptors (Lipinski definition) is 4. The molecule has 6 nitrogen and oxygen atoms in total. The van der Waals surface area contributed by atoms with E-state index in [1.54, 1.807) is 12.1 Å². The maximum atomic E-state index is 12.4. The summed E-state index contributed by atoms with van der Waals surface area (Å²) in [5, 5.41) is 16.9. The maximum Gasteiger partial charge on any atom is 0.285 e. The minimum atomic E-state index is -0.480. The van der Waals surface area contributed by atoms with Crippen LogP contribution in [0.15, 0.2) is 22.7 Å². The lowest BCUT2D eigenvalue weighted by atomic mass is 9.83. The van der Waals surface area contributed by atoms with Crippen molar-refractivity contribution >= 4 is 33.2 Å². The molecule has 2 rings (SSSR count). The average molecular weight is 342 g/mol. The van der Waals surface area contributed by atoms with Gasteiger partial charge in [-0.3, -0.25) is 14.9 Å². The van der Waals surface area contributed by atoms with E-state index in [-0.39, 0.29) is 11.6 Å². The molecule has 1 atom stereocenters. The molecule has 0 aliphatic carbocycles. The number of carbonyl (C=O) groups is 1. The van der Waals surface area contributed by atoms with Crippen molar-refractivity contribution in [3.63, 3.8) is 0 Å². The number of hydrogen-bond donors (Lipinski definition) is 2. The van der Waals surface area contributed by atoms with E-state index in [1.807, 2.05) is 6.92 Å². The van der Waals surface area contributed by atoms with Crippen molar-refractivity contribution in [1.29, 1.82) is 0 Å². The van der Waals surface area contributed by atoms with Crippen LogP contribution < -0.4 is 10.6 Å². The Balaban J connectivity index is 2.19. The van der Waals surface area contributed by atoms with Gasteiger partial charge >= 0.3 is 0 Å². The first kappa shape index (κ1) is 14.9. The average Bonchev–Trinajstić information content (AvgIpc) is 2.90. The molecule has 0 bridgehead atoms. The number of nitrogens with zero attached hydrogens (tertiary/aromatic N) is 1. The first-order valence-electron chi connectivity index (χ1n) is 6.44. The van der Waals surface area contributed by atoms with Gasteiger partial charge in [-0.1, -0.05) is 6.92 Å². The van der Waals surface area contributed by atoms with Crippen LogP contribution in [0.3, 0.4) is 0 Å². The molecule has 2 N–H and O–H groups in total. The molecule has 1 aromatic carbocycles. The number of carbonyl (C=O) groups excluding carboxylic acids is 1. The second kappa shape index (κ2) is 5.88. The number of rotatable bonds is 4. The highest BCUT2D eigenvalue weighted by molar-refractivity contribution is 9.10. The topological polar surface area (TPSA) is 84.3 Å². The number of benzene rings is 1. The molecule has 108 valence electrons. The third-order valence-corrected chi connectivity index (χ3v) is 4.47. The summed E-state index contributed by atoms with van der Waals surface area (Å²) >= 11 is 3.12. The molecule has 1 saturated heterocycles. The Hall–Kier alpha value is -1.47. The van der Waals surface area contributed by atoms with Crippen molar-refractivity contribution < 1.29 is 9.72 Å². The number of nitro groups is 1. The van der Waals surface area contributed by atoms with Crippen molar-refractivity contribution in [2.24, 2.45) is 5.41 Å². The van der Waals surface area contributed by atoms with E-state index < -0.39 is 10.3 Å². The van der Waals surface area contributed by atoms with Crippen molar-refractivity contribution in [2.75, 3.05) is 18.4 Å². The lowest BCUT2D eigenvalue weighted by Crippen LogP contribution is -2.37. The minimum absolute atomic E-state index is 0.0575. The zero-order chi connectivity index (χ0) is 14.8. The number of nitrogens with one attached hydrogen (secondary N) is 2. The van der Waals surface area contributed by atoms with Crippen LogP contribution in [-0.2, 0) is 4.79 Å². The van der Waals surface area contributed by atoms with Crippen LogP contribution in [-0.4, -0.2) is 23.9 Å². The Morgan fingerprint density at radius 1 is 1.60 bits per heavy atom. The van der Waals surface area contributed by atoms with Crippen molar-refractivity contribution in [2.45, 2.75) is 19.8 Å². The lowest BCUT2D eigenvalue weighted by molar-refractivity contribution is -0.385. The summed E-state index contributed by atoms with van der Waals surface area (Å²) in [5.74, 6) is -0.0818. The normalized spacial score (nSPS) is 21.7. The van der Waals surface area contributed by atoms with E-state index in [2.05, 4.69) is 26.6 Å².